The summed E-state index contributed by atoms with van der Waals surface area (Å²) in [6.07, 6.45) is 2.86. The molecule has 1 fully saturated rings. The van der Waals surface area contributed by atoms with Gasteiger partial charge in [0.05, 0.1) is 39.1 Å². The largest absolute Gasteiger partial charge is 0.494 e. The molecule has 1 N–H and O–H groups in total. The highest BCUT2D eigenvalue weighted by atomic mass is 16.5. The van der Waals surface area contributed by atoms with Gasteiger partial charge in [-0.2, -0.15) is 0 Å². The highest BCUT2D eigenvalue weighted by Crippen LogP contribution is 2.31. The summed E-state index contributed by atoms with van der Waals surface area (Å²) < 4.78 is 29.5. The minimum Gasteiger partial charge on any atom is -0.494 e. The van der Waals surface area contributed by atoms with Crippen LogP contribution < -0.4 is 14.8 Å². The third kappa shape index (κ3) is 8.79. The fourth-order valence-corrected chi connectivity index (χ4v) is 5.41. The van der Waals surface area contributed by atoms with Crippen molar-refractivity contribution in [1.29, 1.82) is 0 Å². The van der Waals surface area contributed by atoms with E-state index in [1.54, 1.807) is 7.11 Å². The van der Waals surface area contributed by atoms with Crippen LogP contribution in [0.1, 0.15) is 41.9 Å². The number of nitrogens with one attached hydrogen (secondary N) is 1. The van der Waals surface area contributed by atoms with Crippen molar-refractivity contribution in [2.45, 2.75) is 44.5 Å². The van der Waals surface area contributed by atoms with E-state index >= 15 is 0 Å². The van der Waals surface area contributed by atoms with Crippen molar-refractivity contribution < 1.29 is 23.7 Å². The van der Waals surface area contributed by atoms with E-state index in [1.165, 1.54) is 16.5 Å². The number of piperidine rings is 1. The zero-order valence-electron chi connectivity index (χ0n) is 24.6. The first-order chi connectivity index (χ1) is 20.8. The topological polar surface area (TPSA) is 58.2 Å². The molecule has 0 saturated carbocycles. The maximum absolute atomic E-state index is 6.54. The number of methoxy groups -OCH3 is 1. The van der Waals surface area contributed by atoms with Gasteiger partial charge in [0, 0.05) is 44.4 Å². The third-order valence-electron chi connectivity index (χ3n) is 7.67. The molecule has 1 heterocycles. The summed E-state index contributed by atoms with van der Waals surface area (Å²) in [6, 6.07) is 31.5. The van der Waals surface area contributed by atoms with Gasteiger partial charge in [0.2, 0.25) is 0 Å². The standard InChI is InChI=1S/C36H43NO5/c1-38-20-6-23-41-35-11-5-10-30-13-12-29(24-34(30)35)27-42-36-25-37-19-18-33(36)31-14-16-32(17-15-31)40-22-7-21-39-26-28-8-3-2-4-9-28/h2-5,8-17,24,33,36-37H,6-7,18-23,25-27H2,1H3. The van der Waals surface area contributed by atoms with E-state index in [-0.39, 0.29) is 6.10 Å². The lowest BCUT2D eigenvalue weighted by molar-refractivity contribution is 0.0106. The van der Waals surface area contributed by atoms with Crippen LogP contribution in [0, 0.1) is 0 Å². The first-order valence-electron chi connectivity index (χ1n) is 15.1. The van der Waals surface area contributed by atoms with Crippen molar-refractivity contribution in [3.05, 3.63) is 108 Å². The summed E-state index contributed by atoms with van der Waals surface area (Å²) in [5.74, 6) is 2.14. The Morgan fingerprint density at radius 3 is 2.43 bits per heavy atom. The van der Waals surface area contributed by atoms with Crippen LogP contribution in [0.15, 0.2) is 91.0 Å². The minimum atomic E-state index is 0.100. The number of fused-ring (bicyclic) bond motifs is 1. The van der Waals surface area contributed by atoms with Crippen LogP contribution in [0.2, 0.25) is 0 Å². The molecular weight excluding hydrogens is 526 g/mol. The molecular formula is C36H43NO5. The molecule has 6 heteroatoms. The van der Waals surface area contributed by atoms with Crippen LogP contribution in [0.5, 0.6) is 11.5 Å². The number of hydrogen-bond acceptors (Lipinski definition) is 6. The molecule has 2 unspecified atom stereocenters. The summed E-state index contributed by atoms with van der Waals surface area (Å²) in [5, 5.41) is 5.80. The summed E-state index contributed by atoms with van der Waals surface area (Å²) in [5.41, 5.74) is 3.64. The molecule has 1 saturated heterocycles. The van der Waals surface area contributed by atoms with E-state index < -0.39 is 0 Å². The second-order valence-electron chi connectivity index (χ2n) is 10.8. The van der Waals surface area contributed by atoms with Crippen LogP contribution in [0.25, 0.3) is 10.8 Å². The van der Waals surface area contributed by atoms with E-state index in [9.17, 15) is 0 Å². The molecule has 6 nitrogen and oxygen atoms in total. The van der Waals surface area contributed by atoms with Crippen molar-refractivity contribution in [2.24, 2.45) is 0 Å². The normalized spacial score (nSPS) is 16.9. The molecule has 0 amide bonds. The molecule has 4 aromatic carbocycles. The van der Waals surface area contributed by atoms with E-state index in [4.69, 9.17) is 23.7 Å². The number of ether oxygens (including phenoxy) is 5. The number of hydrogen-bond donors (Lipinski definition) is 1. The minimum absolute atomic E-state index is 0.100. The molecule has 1 aliphatic rings. The Morgan fingerprint density at radius 1 is 0.738 bits per heavy atom. The average molecular weight is 570 g/mol. The second kappa shape index (κ2) is 16.3. The van der Waals surface area contributed by atoms with Gasteiger partial charge in [0.15, 0.2) is 0 Å². The lowest BCUT2D eigenvalue weighted by Gasteiger charge is -2.32. The van der Waals surface area contributed by atoms with Gasteiger partial charge in [-0.25, -0.2) is 0 Å². The molecule has 0 aliphatic carbocycles. The van der Waals surface area contributed by atoms with Crippen LogP contribution in [0.4, 0.5) is 0 Å². The van der Waals surface area contributed by atoms with Gasteiger partial charge in [-0.3, -0.25) is 0 Å². The van der Waals surface area contributed by atoms with Crippen molar-refractivity contribution in [1.82, 2.24) is 5.32 Å². The first kappa shape index (κ1) is 30.1. The van der Waals surface area contributed by atoms with Crippen molar-refractivity contribution >= 4 is 10.8 Å². The van der Waals surface area contributed by atoms with E-state index in [2.05, 4.69) is 66.0 Å². The smallest absolute Gasteiger partial charge is 0.127 e. The molecule has 0 radical (unpaired) electrons. The van der Waals surface area contributed by atoms with Gasteiger partial charge in [-0.1, -0.05) is 66.7 Å². The lowest BCUT2D eigenvalue weighted by atomic mass is 9.87. The number of benzene rings is 4. The molecule has 0 bridgehead atoms. The predicted molar refractivity (Wildman–Crippen MR) is 167 cm³/mol. The highest BCUT2D eigenvalue weighted by molar-refractivity contribution is 5.88. The Morgan fingerprint density at radius 2 is 1.57 bits per heavy atom. The van der Waals surface area contributed by atoms with E-state index in [0.29, 0.717) is 45.6 Å². The van der Waals surface area contributed by atoms with Gasteiger partial charge in [0.25, 0.3) is 0 Å². The fraction of sp³-hybridized carbons (Fsp3) is 0.389. The Balaban J connectivity index is 1.11. The second-order valence-corrected chi connectivity index (χ2v) is 10.8. The highest BCUT2D eigenvalue weighted by Gasteiger charge is 2.27. The monoisotopic (exact) mass is 569 g/mol. The average Bonchev–Trinajstić information content (AvgIpc) is 3.05. The Bertz CT molecular complexity index is 1340. The molecule has 0 spiro atoms. The number of rotatable bonds is 16. The van der Waals surface area contributed by atoms with E-state index in [0.717, 1.165) is 54.8 Å². The van der Waals surface area contributed by atoms with Gasteiger partial charge < -0.3 is 29.0 Å². The summed E-state index contributed by atoms with van der Waals surface area (Å²) in [6.45, 7) is 5.68. The Kier molecular flexibility index (Phi) is 11.6. The quantitative estimate of drug-likeness (QED) is 0.148. The lowest BCUT2D eigenvalue weighted by Crippen LogP contribution is -2.40. The van der Waals surface area contributed by atoms with Gasteiger partial charge in [-0.05, 0) is 59.3 Å². The Labute approximate surface area is 249 Å². The van der Waals surface area contributed by atoms with Gasteiger partial charge in [0.1, 0.15) is 11.5 Å². The fourth-order valence-electron chi connectivity index (χ4n) is 5.41. The summed E-state index contributed by atoms with van der Waals surface area (Å²) in [4.78, 5) is 0. The maximum atomic E-state index is 6.54. The van der Waals surface area contributed by atoms with E-state index in [1.807, 2.05) is 30.3 Å². The molecule has 222 valence electrons. The molecule has 42 heavy (non-hydrogen) atoms. The zero-order valence-corrected chi connectivity index (χ0v) is 24.6. The first-order valence-corrected chi connectivity index (χ1v) is 15.1. The Hall–Kier alpha value is -3.42. The van der Waals surface area contributed by atoms with Crippen molar-refractivity contribution in [3.63, 3.8) is 0 Å². The third-order valence-corrected chi connectivity index (χ3v) is 7.67. The molecule has 0 aromatic heterocycles. The summed E-state index contributed by atoms with van der Waals surface area (Å²) in [7, 11) is 1.72. The van der Waals surface area contributed by atoms with Gasteiger partial charge >= 0.3 is 0 Å². The molecule has 4 aromatic rings. The van der Waals surface area contributed by atoms with Crippen LogP contribution in [0.3, 0.4) is 0 Å². The SMILES string of the molecule is COCCCOc1cccc2ccc(COC3CNCCC3c3ccc(OCCCOCc4ccccc4)cc3)cc12. The van der Waals surface area contributed by atoms with Crippen LogP contribution in [-0.4, -0.2) is 52.7 Å². The predicted octanol–water partition coefficient (Wildman–Crippen LogP) is 6.90. The summed E-state index contributed by atoms with van der Waals surface area (Å²) >= 11 is 0. The molecule has 1 aliphatic heterocycles. The van der Waals surface area contributed by atoms with Crippen molar-refractivity contribution in [2.75, 3.05) is 46.6 Å². The van der Waals surface area contributed by atoms with Crippen molar-refractivity contribution in [3.8, 4) is 11.5 Å². The van der Waals surface area contributed by atoms with Gasteiger partial charge in [-0.15, -0.1) is 0 Å². The molecule has 5 rings (SSSR count). The molecule has 2 atom stereocenters. The van der Waals surface area contributed by atoms with Crippen LogP contribution >= 0.6 is 0 Å². The van der Waals surface area contributed by atoms with Crippen LogP contribution in [-0.2, 0) is 27.4 Å². The maximum Gasteiger partial charge on any atom is 0.127 e. The zero-order chi connectivity index (χ0) is 28.8.